The van der Waals surface area contributed by atoms with Gasteiger partial charge in [0.25, 0.3) is 0 Å². The molecule has 1 aliphatic heterocycles. The zero-order chi connectivity index (χ0) is 14.3. The predicted octanol–water partition coefficient (Wildman–Crippen LogP) is 1.78. The van der Waals surface area contributed by atoms with Gasteiger partial charge in [0.2, 0.25) is 0 Å². The molecule has 3 rings (SSSR count). The van der Waals surface area contributed by atoms with Crippen molar-refractivity contribution in [2.24, 2.45) is 0 Å². The van der Waals surface area contributed by atoms with E-state index >= 15 is 0 Å². The van der Waals surface area contributed by atoms with E-state index < -0.39 is 5.97 Å². The molecule has 0 amide bonds. The van der Waals surface area contributed by atoms with Gasteiger partial charge in [0.15, 0.2) is 0 Å². The molecular weight excluding hydrogens is 256 g/mol. The summed E-state index contributed by atoms with van der Waals surface area (Å²) < 4.78 is 1.95. The number of hydrogen-bond donors (Lipinski definition) is 1. The molecule has 0 saturated carbocycles. The number of carboxylic acid groups (broad SMARTS) is 1. The number of rotatable bonds is 2. The van der Waals surface area contributed by atoms with E-state index in [0.29, 0.717) is 17.6 Å². The smallest absolute Gasteiger partial charge is 0.335 e. The third-order valence-corrected chi connectivity index (χ3v) is 4.24. The van der Waals surface area contributed by atoms with Gasteiger partial charge in [-0.25, -0.2) is 9.48 Å². The largest absolute Gasteiger partial charge is 0.478 e. The van der Waals surface area contributed by atoms with E-state index in [1.807, 2.05) is 10.7 Å². The number of nitrogens with zero attached hydrogens (tertiary/aromatic N) is 4. The fraction of sp³-hybridized carbons (Fsp3) is 0.500. The van der Waals surface area contributed by atoms with Crippen LogP contribution in [-0.4, -0.2) is 50.6 Å². The van der Waals surface area contributed by atoms with E-state index in [1.165, 1.54) is 0 Å². The quantitative estimate of drug-likeness (QED) is 0.904. The van der Waals surface area contributed by atoms with Crippen molar-refractivity contribution in [3.05, 3.63) is 23.8 Å². The molecular formula is C14H18N4O2. The first-order chi connectivity index (χ1) is 9.56. The van der Waals surface area contributed by atoms with Crippen LogP contribution in [0.5, 0.6) is 0 Å². The van der Waals surface area contributed by atoms with E-state index in [1.54, 1.807) is 12.1 Å². The van der Waals surface area contributed by atoms with Crippen LogP contribution in [0.25, 0.3) is 11.0 Å². The van der Waals surface area contributed by atoms with Crippen molar-refractivity contribution in [1.29, 1.82) is 0 Å². The molecule has 1 aliphatic rings. The van der Waals surface area contributed by atoms with Crippen molar-refractivity contribution in [3.63, 3.8) is 0 Å². The number of hydrogen-bond acceptors (Lipinski definition) is 4. The zero-order valence-corrected chi connectivity index (χ0v) is 11.7. The molecule has 0 bridgehead atoms. The number of piperidine rings is 1. The number of fused-ring (bicyclic) bond motifs is 1. The fourth-order valence-corrected chi connectivity index (χ4v) is 2.83. The topological polar surface area (TPSA) is 71.2 Å². The third-order valence-electron chi connectivity index (χ3n) is 4.24. The van der Waals surface area contributed by atoms with Crippen LogP contribution in [0.1, 0.15) is 36.2 Å². The highest BCUT2D eigenvalue weighted by atomic mass is 16.4. The van der Waals surface area contributed by atoms with Crippen molar-refractivity contribution >= 4 is 17.0 Å². The lowest BCUT2D eigenvalue weighted by Gasteiger charge is -2.34. The summed E-state index contributed by atoms with van der Waals surface area (Å²) in [7, 11) is 2.14. The normalized spacial score (nSPS) is 24.1. The molecule has 0 radical (unpaired) electrons. The van der Waals surface area contributed by atoms with Gasteiger partial charge in [0.05, 0.1) is 17.1 Å². The second-order valence-electron chi connectivity index (χ2n) is 5.55. The SMILES string of the molecule is CC1CC(n2nnc3cc(C(=O)O)ccc32)CCN1C. The van der Waals surface area contributed by atoms with E-state index in [9.17, 15) is 4.79 Å². The van der Waals surface area contributed by atoms with Gasteiger partial charge in [-0.3, -0.25) is 0 Å². The lowest BCUT2D eigenvalue weighted by Crippen LogP contribution is -2.38. The van der Waals surface area contributed by atoms with Crippen molar-refractivity contribution in [3.8, 4) is 0 Å². The Morgan fingerprint density at radius 2 is 2.25 bits per heavy atom. The molecule has 2 atom stereocenters. The molecule has 6 nitrogen and oxygen atoms in total. The maximum absolute atomic E-state index is 11.0. The van der Waals surface area contributed by atoms with E-state index in [2.05, 4.69) is 29.2 Å². The zero-order valence-electron chi connectivity index (χ0n) is 11.7. The minimum absolute atomic E-state index is 0.251. The molecule has 6 heteroatoms. The number of carbonyl (C=O) groups is 1. The first-order valence-electron chi connectivity index (χ1n) is 6.84. The molecule has 1 saturated heterocycles. The van der Waals surface area contributed by atoms with Crippen LogP contribution >= 0.6 is 0 Å². The van der Waals surface area contributed by atoms with Gasteiger partial charge in [-0.1, -0.05) is 5.21 Å². The summed E-state index contributed by atoms with van der Waals surface area (Å²) in [6.45, 7) is 3.26. The molecule has 2 aromatic rings. The predicted molar refractivity (Wildman–Crippen MR) is 74.9 cm³/mol. The number of aromatic carboxylic acids is 1. The van der Waals surface area contributed by atoms with Gasteiger partial charge in [0, 0.05) is 12.6 Å². The third kappa shape index (κ3) is 2.16. The highest BCUT2D eigenvalue weighted by molar-refractivity contribution is 5.92. The van der Waals surface area contributed by atoms with Crippen LogP contribution in [0.4, 0.5) is 0 Å². The molecule has 106 valence electrons. The molecule has 1 aromatic heterocycles. The summed E-state index contributed by atoms with van der Waals surface area (Å²) in [6.07, 6.45) is 2.08. The average Bonchev–Trinajstić information content (AvgIpc) is 2.84. The van der Waals surface area contributed by atoms with E-state index in [-0.39, 0.29) is 5.56 Å². The van der Waals surface area contributed by atoms with Crippen LogP contribution in [0, 0.1) is 0 Å². The molecule has 1 aromatic carbocycles. The molecule has 1 N–H and O–H groups in total. The van der Waals surface area contributed by atoms with E-state index in [4.69, 9.17) is 5.11 Å². The van der Waals surface area contributed by atoms with Crippen LogP contribution in [-0.2, 0) is 0 Å². The summed E-state index contributed by atoms with van der Waals surface area (Å²) in [5.41, 5.74) is 1.81. The van der Waals surface area contributed by atoms with Crippen molar-refractivity contribution < 1.29 is 9.90 Å². The molecule has 0 aliphatic carbocycles. The monoisotopic (exact) mass is 274 g/mol. The highest BCUT2D eigenvalue weighted by Gasteiger charge is 2.26. The standard InChI is InChI=1S/C14H18N4O2/c1-9-7-11(5-6-17(9)2)18-13-4-3-10(14(19)20)8-12(13)15-16-18/h3-4,8-9,11H,5-7H2,1-2H3,(H,19,20). The van der Waals surface area contributed by atoms with Crippen LogP contribution in [0.2, 0.25) is 0 Å². The first-order valence-corrected chi connectivity index (χ1v) is 6.84. The highest BCUT2D eigenvalue weighted by Crippen LogP contribution is 2.28. The number of aromatic nitrogens is 3. The van der Waals surface area contributed by atoms with Crippen LogP contribution < -0.4 is 0 Å². The summed E-state index contributed by atoms with van der Waals surface area (Å²) in [6, 6.07) is 5.86. The Labute approximate surface area is 117 Å². The van der Waals surface area contributed by atoms with Crippen LogP contribution in [0.15, 0.2) is 18.2 Å². The Hall–Kier alpha value is -1.95. The second-order valence-corrected chi connectivity index (χ2v) is 5.55. The lowest BCUT2D eigenvalue weighted by atomic mass is 9.99. The lowest BCUT2D eigenvalue weighted by molar-refractivity contribution is 0.0697. The summed E-state index contributed by atoms with van der Waals surface area (Å²) in [5.74, 6) is -0.936. The molecule has 1 fully saturated rings. The fourth-order valence-electron chi connectivity index (χ4n) is 2.83. The Kier molecular flexibility index (Phi) is 3.17. The van der Waals surface area contributed by atoms with Crippen LogP contribution in [0.3, 0.4) is 0 Å². The molecule has 2 heterocycles. The van der Waals surface area contributed by atoms with Gasteiger partial charge in [-0.15, -0.1) is 5.10 Å². The summed E-state index contributed by atoms with van der Waals surface area (Å²) in [5, 5.41) is 17.4. The van der Waals surface area contributed by atoms with Gasteiger partial charge in [0.1, 0.15) is 5.52 Å². The van der Waals surface area contributed by atoms with Crippen molar-refractivity contribution in [2.75, 3.05) is 13.6 Å². The van der Waals surface area contributed by atoms with Gasteiger partial charge in [-0.05, 0) is 45.0 Å². The van der Waals surface area contributed by atoms with Gasteiger partial charge < -0.3 is 10.0 Å². The first kappa shape index (κ1) is 13.1. The van der Waals surface area contributed by atoms with E-state index in [0.717, 1.165) is 24.9 Å². The maximum Gasteiger partial charge on any atom is 0.335 e. The summed E-state index contributed by atoms with van der Waals surface area (Å²) >= 11 is 0. The van der Waals surface area contributed by atoms with Crippen molar-refractivity contribution in [2.45, 2.75) is 31.8 Å². The second kappa shape index (κ2) is 4.86. The number of carboxylic acids is 1. The van der Waals surface area contributed by atoms with Crippen molar-refractivity contribution in [1.82, 2.24) is 19.9 Å². The Balaban J connectivity index is 1.95. The minimum Gasteiger partial charge on any atom is -0.478 e. The van der Waals surface area contributed by atoms with Gasteiger partial charge in [-0.2, -0.15) is 0 Å². The molecule has 20 heavy (non-hydrogen) atoms. The summed E-state index contributed by atoms with van der Waals surface area (Å²) in [4.78, 5) is 13.3. The Bertz CT molecular complexity index is 652. The maximum atomic E-state index is 11.0. The molecule has 0 spiro atoms. The minimum atomic E-state index is -0.936. The molecule has 2 unspecified atom stereocenters. The number of likely N-dealkylation sites (tertiary alicyclic amines) is 1. The van der Waals surface area contributed by atoms with Gasteiger partial charge >= 0.3 is 5.97 Å². The number of benzene rings is 1. The Morgan fingerprint density at radius 3 is 2.95 bits per heavy atom. The Morgan fingerprint density at radius 1 is 1.45 bits per heavy atom. The average molecular weight is 274 g/mol.